The van der Waals surface area contributed by atoms with Gasteiger partial charge < -0.3 is 15.2 Å². The van der Waals surface area contributed by atoms with E-state index in [0.29, 0.717) is 24.5 Å². The fourth-order valence-corrected chi connectivity index (χ4v) is 5.33. The second-order valence-electron chi connectivity index (χ2n) is 9.74. The van der Waals surface area contributed by atoms with E-state index in [2.05, 4.69) is 12.2 Å². The lowest BCUT2D eigenvalue weighted by Crippen LogP contribution is -2.38. The molecule has 0 aliphatic heterocycles. The second-order valence-corrected chi connectivity index (χ2v) is 10.8. The zero-order chi connectivity index (χ0) is 31.0. The van der Waals surface area contributed by atoms with Gasteiger partial charge in [-0.25, -0.2) is 9.78 Å². The van der Waals surface area contributed by atoms with Crippen LogP contribution in [-0.4, -0.2) is 27.9 Å². The number of carbonyl (C=O) groups excluding carboxylic acids is 1. The van der Waals surface area contributed by atoms with E-state index in [0.717, 1.165) is 57.4 Å². The van der Waals surface area contributed by atoms with Crippen LogP contribution in [0.5, 0.6) is 5.75 Å². The summed E-state index contributed by atoms with van der Waals surface area (Å²) < 4.78 is 44.5. The van der Waals surface area contributed by atoms with Gasteiger partial charge in [-0.2, -0.15) is 13.2 Å². The Morgan fingerprint density at radius 1 is 1.00 bits per heavy atom. The van der Waals surface area contributed by atoms with Gasteiger partial charge in [-0.3, -0.25) is 4.79 Å². The van der Waals surface area contributed by atoms with Gasteiger partial charge in [0.15, 0.2) is 5.78 Å². The van der Waals surface area contributed by atoms with Gasteiger partial charge in [-0.05, 0) is 42.7 Å². The van der Waals surface area contributed by atoms with Gasteiger partial charge in [0.1, 0.15) is 23.4 Å². The molecule has 0 radical (unpaired) electrons. The molecule has 4 aromatic rings. The average Bonchev–Trinajstić information content (AvgIpc) is 3.43. The molecule has 0 aliphatic rings. The van der Waals surface area contributed by atoms with Crippen LogP contribution in [0.3, 0.4) is 0 Å². The fourth-order valence-electron chi connectivity index (χ4n) is 4.32. The number of thiazole rings is 1. The molecule has 0 saturated carbocycles. The quantitative estimate of drug-likeness (QED) is 0.119. The number of hydrogen-bond donors (Lipinski definition) is 2. The highest BCUT2D eigenvalue weighted by Crippen LogP contribution is 2.30. The summed E-state index contributed by atoms with van der Waals surface area (Å²) in [5.41, 5.74) is 2.27. The second kappa shape index (κ2) is 14.2. The number of ether oxygens (including phenoxy) is 1. The highest BCUT2D eigenvalue weighted by molar-refractivity contribution is 7.15. The van der Waals surface area contributed by atoms with Gasteiger partial charge in [-0.1, -0.05) is 68.4 Å². The first-order valence-electron chi connectivity index (χ1n) is 13.7. The maximum absolute atomic E-state index is 12.8. The molecule has 1 aromatic heterocycles. The molecule has 1 atom stereocenters. The number of benzene rings is 3. The molecule has 0 bridgehead atoms. The minimum Gasteiger partial charge on any atom is -0.487 e. The number of allylic oxidation sites excluding steroid dienone is 2. The molecule has 224 valence electrons. The smallest absolute Gasteiger partial charge is 0.416 e. The Kier molecular flexibility index (Phi) is 10.4. The summed E-state index contributed by atoms with van der Waals surface area (Å²) in [6.45, 7) is 4.14. The minimum absolute atomic E-state index is 0.0724. The summed E-state index contributed by atoms with van der Waals surface area (Å²) in [6, 6.07) is 20.0. The summed E-state index contributed by atoms with van der Waals surface area (Å²) >= 11 is 1.65. The number of aromatic nitrogens is 1. The van der Waals surface area contributed by atoms with Crippen molar-refractivity contribution in [1.29, 1.82) is 0 Å². The Bertz CT molecular complexity index is 1560. The molecule has 0 amide bonds. The lowest BCUT2D eigenvalue weighted by atomic mass is 10.0. The third-order valence-corrected chi connectivity index (χ3v) is 7.99. The Hall–Kier alpha value is -4.44. The van der Waals surface area contributed by atoms with E-state index in [4.69, 9.17) is 9.72 Å². The normalized spacial score (nSPS) is 12.5. The SMILES string of the molecule is CCC(=CC(=O)c1ccc(C(F)(F)F)cc1)N[C@@H](Cc1ccc(OCc2nc(-c3ccccc3)sc2CC)cc1)C(=O)O. The fraction of sp³-hybridized carbons (Fsp3) is 0.242. The number of aliphatic carboxylic acids is 1. The molecule has 0 fully saturated rings. The lowest BCUT2D eigenvalue weighted by Gasteiger charge is -2.18. The summed E-state index contributed by atoms with van der Waals surface area (Å²) in [5.74, 6) is -1.01. The van der Waals surface area contributed by atoms with Crippen molar-refractivity contribution in [2.24, 2.45) is 0 Å². The standard InChI is InChI=1S/C33H31F3N2O4S/c1-3-25(19-29(39)22-12-14-24(15-13-22)33(34,35)36)37-27(32(40)41)18-21-10-16-26(17-11-21)42-20-28-30(4-2)43-31(38-28)23-8-6-5-7-9-23/h5-17,19,27,37H,3-4,18,20H2,1-2H3,(H,40,41)/t27-/m0/s1. The number of rotatable bonds is 13. The maximum Gasteiger partial charge on any atom is 0.416 e. The third kappa shape index (κ3) is 8.54. The highest BCUT2D eigenvalue weighted by atomic mass is 32.1. The van der Waals surface area contributed by atoms with Crippen LogP contribution >= 0.6 is 11.3 Å². The van der Waals surface area contributed by atoms with Crippen LogP contribution in [0.25, 0.3) is 10.6 Å². The number of halogens is 3. The molecule has 0 unspecified atom stereocenters. The minimum atomic E-state index is -4.50. The van der Waals surface area contributed by atoms with Crippen molar-refractivity contribution in [2.75, 3.05) is 0 Å². The number of nitrogens with zero attached hydrogens (tertiary/aromatic N) is 1. The molecule has 43 heavy (non-hydrogen) atoms. The maximum atomic E-state index is 12.8. The molecule has 10 heteroatoms. The average molecular weight is 609 g/mol. The van der Waals surface area contributed by atoms with E-state index in [-0.39, 0.29) is 12.0 Å². The van der Waals surface area contributed by atoms with Crippen LogP contribution in [0.2, 0.25) is 0 Å². The molecule has 3 aromatic carbocycles. The summed E-state index contributed by atoms with van der Waals surface area (Å²) in [7, 11) is 0. The number of nitrogens with one attached hydrogen (secondary N) is 1. The van der Waals surface area contributed by atoms with E-state index in [1.165, 1.54) is 6.08 Å². The summed E-state index contributed by atoms with van der Waals surface area (Å²) in [6.07, 6.45) is -1.98. The molecule has 2 N–H and O–H groups in total. The first-order valence-corrected chi connectivity index (χ1v) is 14.6. The largest absolute Gasteiger partial charge is 0.487 e. The monoisotopic (exact) mass is 608 g/mol. The predicted molar refractivity (Wildman–Crippen MR) is 160 cm³/mol. The molecule has 0 spiro atoms. The molecule has 0 aliphatic carbocycles. The number of carboxylic acid groups (broad SMARTS) is 1. The van der Waals surface area contributed by atoms with Gasteiger partial charge in [0.05, 0.1) is 11.3 Å². The van der Waals surface area contributed by atoms with Crippen molar-refractivity contribution in [3.05, 3.63) is 118 Å². The number of carboxylic acids is 1. The molecule has 0 saturated heterocycles. The van der Waals surface area contributed by atoms with Crippen molar-refractivity contribution in [1.82, 2.24) is 10.3 Å². The van der Waals surface area contributed by atoms with E-state index in [1.54, 1.807) is 42.5 Å². The van der Waals surface area contributed by atoms with E-state index in [9.17, 15) is 27.9 Å². The Labute approximate surface area is 251 Å². The molecule has 4 rings (SSSR count). The van der Waals surface area contributed by atoms with Gasteiger partial charge in [0, 0.05) is 34.2 Å². The van der Waals surface area contributed by atoms with Crippen molar-refractivity contribution >= 4 is 23.1 Å². The van der Waals surface area contributed by atoms with E-state index < -0.39 is 29.5 Å². The van der Waals surface area contributed by atoms with E-state index in [1.807, 2.05) is 30.3 Å². The lowest BCUT2D eigenvalue weighted by molar-refractivity contribution is -0.139. The summed E-state index contributed by atoms with van der Waals surface area (Å²) in [5, 5.41) is 13.7. The van der Waals surface area contributed by atoms with E-state index >= 15 is 0 Å². The van der Waals surface area contributed by atoms with Crippen LogP contribution in [-0.2, 0) is 30.4 Å². The Balaban J connectivity index is 1.38. The number of hydrogen-bond acceptors (Lipinski definition) is 6. The molecule has 1 heterocycles. The van der Waals surface area contributed by atoms with Crippen LogP contribution < -0.4 is 10.1 Å². The first kappa shape index (κ1) is 31.5. The first-order chi connectivity index (χ1) is 20.6. The van der Waals surface area contributed by atoms with Crippen molar-refractivity contribution in [3.63, 3.8) is 0 Å². The Morgan fingerprint density at radius 3 is 2.26 bits per heavy atom. The van der Waals surface area contributed by atoms with Gasteiger partial charge in [0.2, 0.25) is 0 Å². The number of aryl methyl sites for hydroxylation is 1. The predicted octanol–water partition coefficient (Wildman–Crippen LogP) is 7.73. The van der Waals surface area contributed by atoms with Gasteiger partial charge >= 0.3 is 12.1 Å². The Morgan fingerprint density at radius 2 is 1.67 bits per heavy atom. The van der Waals surface area contributed by atoms with Crippen molar-refractivity contribution in [2.45, 2.75) is 51.9 Å². The van der Waals surface area contributed by atoms with Crippen molar-refractivity contribution < 1.29 is 32.6 Å². The molecular formula is C33H31F3N2O4S. The van der Waals surface area contributed by atoms with Gasteiger partial charge in [-0.15, -0.1) is 11.3 Å². The zero-order valence-corrected chi connectivity index (χ0v) is 24.5. The van der Waals surface area contributed by atoms with Crippen LogP contribution in [0.15, 0.2) is 90.6 Å². The highest BCUT2D eigenvalue weighted by Gasteiger charge is 2.30. The van der Waals surface area contributed by atoms with Crippen LogP contribution in [0.4, 0.5) is 13.2 Å². The third-order valence-electron chi connectivity index (χ3n) is 6.70. The molecule has 6 nitrogen and oxygen atoms in total. The van der Waals surface area contributed by atoms with Gasteiger partial charge in [0.25, 0.3) is 0 Å². The van der Waals surface area contributed by atoms with Crippen molar-refractivity contribution in [3.8, 4) is 16.3 Å². The zero-order valence-electron chi connectivity index (χ0n) is 23.6. The molecular weight excluding hydrogens is 577 g/mol. The number of alkyl halides is 3. The number of carbonyl (C=O) groups is 2. The summed E-state index contributed by atoms with van der Waals surface area (Å²) in [4.78, 5) is 30.6. The van der Waals surface area contributed by atoms with Crippen LogP contribution in [0, 0.1) is 0 Å². The van der Waals surface area contributed by atoms with Crippen LogP contribution in [0.1, 0.15) is 52.3 Å². The topological polar surface area (TPSA) is 88.5 Å². The number of ketones is 1.